The molecule has 3 atom stereocenters. The number of amides is 3. The molecule has 1 aliphatic carbocycles. The zero-order valence-corrected chi connectivity index (χ0v) is 16.5. The highest BCUT2D eigenvalue weighted by molar-refractivity contribution is 6.08. The second-order valence-corrected chi connectivity index (χ2v) is 7.62. The zero-order chi connectivity index (χ0) is 20.4. The number of ether oxygens (including phenoxy) is 1. The van der Waals surface area contributed by atoms with E-state index in [1.807, 2.05) is 26.0 Å². The summed E-state index contributed by atoms with van der Waals surface area (Å²) in [6.07, 6.45) is 3.22. The summed E-state index contributed by atoms with van der Waals surface area (Å²) in [5.41, 5.74) is 2.63. The maximum absolute atomic E-state index is 12.6. The van der Waals surface area contributed by atoms with Gasteiger partial charge in [-0.1, -0.05) is 25.0 Å². The number of carbonyl (C=O) groups is 4. The molecule has 1 N–H and O–H groups in total. The molecule has 0 spiro atoms. The lowest BCUT2D eigenvalue weighted by Gasteiger charge is -2.21. The van der Waals surface area contributed by atoms with Gasteiger partial charge in [0.15, 0.2) is 6.61 Å². The maximum atomic E-state index is 12.6. The number of nitrogens with zero attached hydrogens (tertiary/aromatic N) is 1. The molecule has 7 heteroatoms. The summed E-state index contributed by atoms with van der Waals surface area (Å²) < 4.78 is 5.07. The average molecular weight is 386 g/mol. The first-order valence-corrected chi connectivity index (χ1v) is 9.71. The Labute approximate surface area is 164 Å². The minimum atomic E-state index is -1.03. The van der Waals surface area contributed by atoms with Gasteiger partial charge in [0.2, 0.25) is 11.8 Å². The standard InChI is InChI=1S/C21H26N2O5/c1-12-7-6-10-17(13(12)2)22-18(24)11-28-21(27)14(3)23-19(25)15-8-4-5-9-16(15)20(23)26/h6-7,10,14-16H,4-5,8-9,11H2,1-3H3,(H,22,24)/t14-,15-,16+/m0/s1. The van der Waals surface area contributed by atoms with Crippen LogP contribution < -0.4 is 5.32 Å². The van der Waals surface area contributed by atoms with Crippen LogP contribution in [0.15, 0.2) is 18.2 Å². The summed E-state index contributed by atoms with van der Waals surface area (Å²) >= 11 is 0. The van der Waals surface area contributed by atoms with Crippen LogP contribution in [0.3, 0.4) is 0 Å². The maximum Gasteiger partial charge on any atom is 0.329 e. The quantitative estimate of drug-likeness (QED) is 0.619. The number of carbonyl (C=O) groups excluding carboxylic acids is 4. The lowest BCUT2D eigenvalue weighted by atomic mass is 9.81. The van der Waals surface area contributed by atoms with Crippen molar-refractivity contribution in [2.45, 2.75) is 52.5 Å². The summed E-state index contributed by atoms with van der Waals surface area (Å²) in [5.74, 6) is -2.44. The Hall–Kier alpha value is -2.70. The predicted octanol–water partition coefficient (Wildman–Crippen LogP) is 2.35. The van der Waals surface area contributed by atoms with Crippen molar-refractivity contribution in [2.24, 2.45) is 11.8 Å². The molecule has 3 amide bonds. The number of anilines is 1. The van der Waals surface area contributed by atoms with Crippen molar-refractivity contribution in [2.75, 3.05) is 11.9 Å². The summed E-state index contributed by atoms with van der Waals surface area (Å²) in [6, 6.07) is 4.51. The van der Waals surface area contributed by atoms with Gasteiger partial charge in [-0.15, -0.1) is 0 Å². The third kappa shape index (κ3) is 3.79. The first-order chi connectivity index (χ1) is 13.3. The molecule has 1 heterocycles. The first-order valence-electron chi connectivity index (χ1n) is 9.71. The highest BCUT2D eigenvalue weighted by Crippen LogP contribution is 2.38. The van der Waals surface area contributed by atoms with E-state index in [0.29, 0.717) is 18.5 Å². The van der Waals surface area contributed by atoms with E-state index < -0.39 is 24.5 Å². The van der Waals surface area contributed by atoms with Gasteiger partial charge >= 0.3 is 5.97 Å². The second kappa shape index (κ2) is 8.12. The molecule has 0 aromatic heterocycles. The van der Waals surface area contributed by atoms with Gasteiger partial charge in [0.25, 0.3) is 5.91 Å². The molecule has 1 saturated carbocycles. The highest BCUT2D eigenvalue weighted by atomic mass is 16.5. The first kappa shape index (κ1) is 20.0. The minimum absolute atomic E-state index is 0.293. The largest absolute Gasteiger partial charge is 0.454 e. The van der Waals surface area contributed by atoms with E-state index in [9.17, 15) is 19.2 Å². The molecule has 1 aromatic rings. The third-order valence-corrected chi connectivity index (χ3v) is 5.83. The molecule has 150 valence electrons. The monoisotopic (exact) mass is 386 g/mol. The van der Waals surface area contributed by atoms with E-state index in [2.05, 4.69) is 5.32 Å². The van der Waals surface area contributed by atoms with E-state index in [4.69, 9.17) is 4.74 Å². The Bertz CT molecular complexity index is 795. The fourth-order valence-electron chi connectivity index (χ4n) is 4.01. The fraction of sp³-hybridized carbons (Fsp3) is 0.524. The molecule has 0 bridgehead atoms. The number of rotatable bonds is 5. The Kier molecular flexibility index (Phi) is 5.82. The van der Waals surface area contributed by atoms with Crippen LogP contribution in [0.5, 0.6) is 0 Å². The van der Waals surface area contributed by atoms with Crippen LogP contribution in [-0.4, -0.2) is 41.2 Å². The van der Waals surface area contributed by atoms with Gasteiger partial charge < -0.3 is 10.1 Å². The molecular formula is C21H26N2O5. The van der Waals surface area contributed by atoms with E-state index in [-0.39, 0.29) is 23.7 Å². The minimum Gasteiger partial charge on any atom is -0.454 e. The molecular weight excluding hydrogens is 360 g/mol. The van der Waals surface area contributed by atoms with Crippen molar-refractivity contribution < 1.29 is 23.9 Å². The number of likely N-dealkylation sites (tertiary alicyclic amines) is 1. The highest BCUT2D eigenvalue weighted by Gasteiger charge is 2.51. The van der Waals surface area contributed by atoms with Crippen molar-refractivity contribution >= 4 is 29.4 Å². The van der Waals surface area contributed by atoms with Gasteiger partial charge in [-0.05, 0) is 50.8 Å². The molecule has 0 radical (unpaired) electrons. The summed E-state index contributed by atoms with van der Waals surface area (Å²) in [5, 5.41) is 2.71. The molecule has 28 heavy (non-hydrogen) atoms. The lowest BCUT2D eigenvalue weighted by Crippen LogP contribution is -2.45. The smallest absolute Gasteiger partial charge is 0.329 e. The van der Waals surface area contributed by atoms with Crippen LogP contribution >= 0.6 is 0 Å². The topological polar surface area (TPSA) is 92.8 Å². The van der Waals surface area contributed by atoms with Gasteiger partial charge in [0, 0.05) is 5.69 Å². The number of hydrogen-bond acceptors (Lipinski definition) is 5. The Morgan fingerprint density at radius 3 is 2.36 bits per heavy atom. The van der Waals surface area contributed by atoms with Crippen molar-refractivity contribution in [3.05, 3.63) is 29.3 Å². The van der Waals surface area contributed by atoms with E-state index in [1.165, 1.54) is 6.92 Å². The van der Waals surface area contributed by atoms with Crippen LogP contribution in [0.1, 0.15) is 43.7 Å². The van der Waals surface area contributed by atoms with Crippen LogP contribution in [0.25, 0.3) is 0 Å². The summed E-state index contributed by atoms with van der Waals surface area (Å²) in [4.78, 5) is 50.6. The van der Waals surface area contributed by atoms with Gasteiger partial charge in [-0.2, -0.15) is 0 Å². The Morgan fingerprint density at radius 2 is 1.75 bits per heavy atom. The summed E-state index contributed by atoms with van der Waals surface area (Å²) in [6.45, 7) is 4.83. The SMILES string of the molecule is Cc1cccc(NC(=O)COC(=O)[C@H](C)N2C(=O)[C@H]3CCCC[C@H]3C2=O)c1C. The number of esters is 1. The van der Waals surface area contributed by atoms with Gasteiger partial charge in [0.05, 0.1) is 11.8 Å². The van der Waals surface area contributed by atoms with Crippen molar-refractivity contribution in [1.82, 2.24) is 4.90 Å². The average Bonchev–Trinajstić information content (AvgIpc) is 2.94. The molecule has 1 aromatic carbocycles. The van der Waals surface area contributed by atoms with Crippen LogP contribution in [-0.2, 0) is 23.9 Å². The molecule has 1 saturated heterocycles. The number of nitrogens with one attached hydrogen (secondary N) is 1. The molecule has 2 fully saturated rings. The zero-order valence-electron chi connectivity index (χ0n) is 16.5. The number of benzene rings is 1. The molecule has 2 aliphatic rings. The van der Waals surface area contributed by atoms with Crippen molar-refractivity contribution in [3.63, 3.8) is 0 Å². The number of fused-ring (bicyclic) bond motifs is 1. The number of aryl methyl sites for hydroxylation is 1. The number of hydrogen-bond donors (Lipinski definition) is 1. The van der Waals surface area contributed by atoms with E-state index >= 15 is 0 Å². The molecule has 7 nitrogen and oxygen atoms in total. The van der Waals surface area contributed by atoms with E-state index in [0.717, 1.165) is 28.9 Å². The lowest BCUT2D eigenvalue weighted by molar-refractivity contribution is -0.159. The van der Waals surface area contributed by atoms with Crippen LogP contribution in [0.4, 0.5) is 5.69 Å². The van der Waals surface area contributed by atoms with E-state index in [1.54, 1.807) is 6.07 Å². The van der Waals surface area contributed by atoms with Gasteiger partial charge in [0.1, 0.15) is 6.04 Å². The molecule has 3 rings (SSSR count). The van der Waals surface area contributed by atoms with Crippen LogP contribution in [0, 0.1) is 25.7 Å². The summed E-state index contributed by atoms with van der Waals surface area (Å²) in [7, 11) is 0. The van der Waals surface area contributed by atoms with Crippen molar-refractivity contribution in [3.8, 4) is 0 Å². The Morgan fingerprint density at radius 1 is 1.14 bits per heavy atom. The van der Waals surface area contributed by atoms with Gasteiger partial charge in [-0.25, -0.2) is 4.79 Å². The number of imide groups is 1. The molecule has 0 unspecified atom stereocenters. The van der Waals surface area contributed by atoms with Crippen LogP contribution in [0.2, 0.25) is 0 Å². The fourth-order valence-corrected chi connectivity index (χ4v) is 4.01. The second-order valence-electron chi connectivity index (χ2n) is 7.62. The molecule has 1 aliphatic heterocycles. The predicted molar refractivity (Wildman–Crippen MR) is 102 cm³/mol. The van der Waals surface area contributed by atoms with Crippen molar-refractivity contribution in [1.29, 1.82) is 0 Å². The third-order valence-electron chi connectivity index (χ3n) is 5.83. The Balaban J connectivity index is 1.57. The van der Waals surface area contributed by atoms with Gasteiger partial charge in [-0.3, -0.25) is 19.3 Å². The normalized spacial score (nSPS) is 22.6.